The minimum atomic E-state index is 0.789. The number of anilines is 3. The van der Waals surface area contributed by atoms with E-state index in [2.05, 4.69) is 174 Å². The SMILES string of the molecule is c1ccc(-c2ccccc2-c2ccc(-c3ccc(N(c4ccc(-c5cncc6c5oc5ccccc56)cc4)c4ccc(-c5nccc6c5oc5ccccc56)cc4)cc3)cc2)cc1. The van der Waals surface area contributed by atoms with Gasteiger partial charge >= 0.3 is 0 Å². The molecular weight excluding hydrogens is 771 g/mol. The van der Waals surface area contributed by atoms with Crippen LogP contribution in [-0.4, -0.2) is 9.97 Å². The zero-order valence-electron chi connectivity index (χ0n) is 34.0. The van der Waals surface area contributed by atoms with E-state index in [0.29, 0.717) is 0 Å². The lowest BCUT2D eigenvalue weighted by Gasteiger charge is -2.26. The summed E-state index contributed by atoms with van der Waals surface area (Å²) in [5.74, 6) is 0. The molecule has 0 fully saturated rings. The number of aromatic nitrogens is 2. The van der Waals surface area contributed by atoms with Crippen molar-refractivity contribution in [1.82, 2.24) is 9.97 Å². The number of para-hydroxylation sites is 2. The van der Waals surface area contributed by atoms with Crippen molar-refractivity contribution in [2.24, 2.45) is 0 Å². The smallest absolute Gasteiger partial charge is 0.161 e. The van der Waals surface area contributed by atoms with Gasteiger partial charge in [0.25, 0.3) is 0 Å². The molecule has 0 spiro atoms. The number of fused-ring (bicyclic) bond motifs is 6. The molecule has 4 aromatic heterocycles. The van der Waals surface area contributed by atoms with Crippen LogP contribution in [0.3, 0.4) is 0 Å². The van der Waals surface area contributed by atoms with Crippen LogP contribution >= 0.6 is 0 Å². The molecule has 0 radical (unpaired) electrons. The molecule has 4 heterocycles. The lowest BCUT2D eigenvalue weighted by Crippen LogP contribution is -2.09. The molecule has 8 aromatic carbocycles. The molecule has 5 heteroatoms. The molecule has 0 atom stereocenters. The maximum absolute atomic E-state index is 6.38. The van der Waals surface area contributed by atoms with Gasteiger partial charge in [0, 0.05) is 68.3 Å². The lowest BCUT2D eigenvalue weighted by molar-refractivity contribution is 0.668. The summed E-state index contributed by atoms with van der Waals surface area (Å²) in [5, 5.41) is 4.21. The Kier molecular flexibility index (Phi) is 8.75. The van der Waals surface area contributed by atoms with Gasteiger partial charge in [-0.25, -0.2) is 0 Å². The lowest BCUT2D eigenvalue weighted by atomic mass is 9.93. The highest BCUT2D eigenvalue weighted by Crippen LogP contribution is 2.41. The minimum Gasteiger partial charge on any atom is -0.455 e. The Bertz CT molecular complexity index is 3430. The van der Waals surface area contributed by atoms with E-state index in [-0.39, 0.29) is 0 Å². The highest BCUT2D eigenvalue weighted by molar-refractivity contribution is 6.10. The average Bonchev–Trinajstić information content (AvgIpc) is 3.94. The Morgan fingerprint density at radius 2 is 0.778 bits per heavy atom. The molecule has 0 aliphatic heterocycles. The summed E-state index contributed by atoms with van der Waals surface area (Å²) in [4.78, 5) is 11.7. The van der Waals surface area contributed by atoms with E-state index in [1.165, 1.54) is 22.3 Å². The summed E-state index contributed by atoms with van der Waals surface area (Å²) in [7, 11) is 0. The van der Waals surface area contributed by atoms with E-state index in [1.807, 2.05) is 61.1 Å². The largest absolute Gasteiger partial charge is 0.455 e. The van der Waals surface area contributed by atoms with Gasteiger partial charge in [0.05, 0.1) is 0 Å². The van der Waals surface area contributed by atoms with Gasteiger partial charge in [0.15, 0.2) is 5.58 Å². The van der Waals surface area contributed by atoms with Gasteiger partial charge in [0.2, 0.25) is 0 Å². The Balaban J connectivity index is 0.904. The zero-order chi connectivity index (χ0) is 41.7. The number of furan rings is 2. The summed E-state index contributed by atoms with van der Waals surface area (Å²) in [6, 6.07) is 72.4. The number of pyridine rings is 2. The monoisotopic (exact) mass is 807 g/mol. The van der Waals surface area contributed by atoms with E-state index in [4.69, 9.17) is 13.8 Å². The second-order valence-corrected chi connectivity index (χ2v) is 15.8. The first-order chi connectivity index (χ1) is 31.2. The first-order valence-electron chi connectivity index (χ1n) is 21.1. The van der Waals surface area contributed by atoms with Crippen LogP contribution in [0.1, 0.15) is 0 Å². The van der Waals surface area contributed by atoms with Gasteiger partial charge in [-0.3, -0.25) is 9.97 Å². The molecule has 12 aromatic rings. The van der Waals surface area contributed by atoms with Crippen molar-refractivity contribution in [1.29, 1.82) is 0 Å². The van der Waals surface area contributed by atoms with Crippen molar-refractivity contribution < 1.29 is 8.83 Å². The third-order valence-corrected chi connectivity index (χ3v) is 12.1. The Morgan fingerprint density at radius 1 is 0.317 bits per heavy atom. The van der Waals surface area contributed by atoms with Gasteiger partial charge < -0.3 is 13.7 Å². The summed E-state index contributed by atoms with van der Waals surface area (Å²) in [6.07, 6.45) is 5.64. The summed E-state index contributed by atoms with van der Waals surface area (Å²) >= 11 is 0. The quantitative estimate of drug-likeness (QED) is 0.153. The molecule has 0 bridgehead atoms. The number of hydrogen-bond donors (Lipinski definition) is 0. The molecule has 0 saturated carbocycles. The highest BCUT2D eigenvalue weighted by Gasteiger charge is 2.18. The number of nitrogens with zero attached hydrogens (tertiary/aromatic N) is 3. The normalized spacial score (nSPS) is 11.5. The second kappa shape index (κ2) is 15.2. The maximum Gasteiger partial charge on any atom is 0.161 e. The minimum absolute atomic E-state index is 0.789. The maximum atomic E-state index is 6.38. The third-order valence-electron chi connectivity index (χ3n) is 12.1. The molecule has 296 valence electrons. The molecule has 0 saturated heterocycles. The van der Waals surface area contributed by atoms with E-state index in [0.717, 1.165) is 94.5 Å². The fraction of sp³-hybridized carbons (Fsp3) is 0. The predicted molar refractivity (Wildman–Crippen MR) is 258 cm³/mol. The fourth-order valence-electron chi connectivity index (χ4n) is 8.96. The zero-order valence-corrected chi connectivity index (χ0v) is 34.0. The van der Waals surface area contributed by atoms with Crippen molar-refractivity contribution in [2.75, 3.05) is 4.90 Å². The van der Waals surface area contributed by atoms with E-state index >= 15 is 0 Å². The van der Waals surface area contributed by atoms with Crippen LogP contribution in [0.4, 0.5) is 17.1 Å². The topological polar surface area (TPSA) is 55.3 Å². The molecule has 0 aliphatic carbocycles. The summed E-state index contributed by atoms with van der Waals surface area (Å²) in [6.45, 7) is 0. The summed E-state index contributed by atoms with van der Waals surface area (Å²) in [5.41, 5.74) is 17.3. The molecular formula is C58H37N3O2. The molecule has 0 amide bonds. The molecule has 0 aliphatic rings. The Hall–Kier alpha value is -8.54. The average molecular weight is 808 g/mol. The molecule has 63 heavy (non-hydrogen) atoms. The molecule has 12 rings (SSSR count). The summed E-state index contributed by atoms with van der Waals surface area (Å²) < 4.78 is 12.7. The number of rotatable bonds is 8. The van der Waals surface area contributed by atoms with Crippen molar-refractivity contribution in [3.63, 3.8) is 0 Å². The Labute approximate surface area is 363 Å². The Morgan fingerprint density at radius 3 is 1.41 bits per heavy atom. The van der Waals surface area contributed by atoms with Crippen LogP contribution in [0, 0.1) is 0 Å². The van der Waals surface area contributed by atoms with Gasteiger partial charge in [-0.1, -0.05) is 152 Å². The molecule has 5 nitrogen and oxygen atoms in total. The third kappa shape index (κ3) is 6.42. The van der Waals surface area contributed by atoms with E-state index in [1.54, 1.807) is 0 Å². The van der Waals surface area contributed by atoms with Crippen molar-refractivity contribution >= 4 is 60.9 Å². The number of hydrogen-bond acceptors (Lipinski definition) is 5. The molecule has 0 N–H and O–H groups in total. The highest BCUT2D eigenvalue weighted by atomic mass is 16.3. The van der Waals surface area contributed by atoms with Crippen molar-refractivity contribution in [3.05, 3.63) is 225 Å². The van der Waals surface area contributed by atoms with Gasteiger partial charge in [-0.15, -0.1) is 0 Å². The van der Waals surface area contributed by atoms with Gasteiger partial charge in [0.1, 0.15) is 22.4 Å². The van der Waals surface area contributed by atoms with Gasteiger partial charge in [-0.2, -0.15) is 0 Å². The van der Waals surface area contributed by atoms with E-state index < -0.39 is 0 Å². The van der Waals surface area contributed by atoms with Crippen LogP contribution in [0.2, 0.25) is 0 Å². The van der Waals surface area contributed by atoms with Crippen LogP contribution in [-0.2, 0) is 0 Å². The first-order valence-corrected chi connectivity index (χ1v) is 21.1. The first kappa shape index (κ1) is 36.3. The van der Waals surface area contributed by atoms with Gasteiger partial charge in [-0.05, 0) is 93.5 Å². The number of benzene rings is 8. The van der Waals surface area contributed by atoms with Crippen LogP contribution in [0.25, 0.3) is 99.6 Å². The standard InChI is InChI=1S/C58H37N3O2/c1-2-10-40(11-3-1)47-12-4-5-13-48(47)41-20-18-38(19-21-41)39-22-28-44(29-23-39)61(45-30-24-42(25-31-45)52-36-59-37-53-50-15-7-9-17-55(50)62-57(52)53)46-32-26-43(27-33-46)56-58-51(34-35-60-56)49-14-6-8-16-54(49)63-58/h1-37H. The van der Waals surface area contributed by atoms with Crippen LogP contribution in [0.5, 0.6) is 0 Å². The fourth-order valence-corrected chi connectivity index (χ4v) is 8.96. The second-order valence-electron chi connectivity index (χ2n) is 15.8. The van der Waals surface area contributed by atoms with Crippen LogP contribution < -0.4 is 4.90 Å². The predicted octanol–water partition coefficient (Wildman–Crippen LogP) is 16.1. The molecule has 0 unspecified atom stereocenters. The van der Waals surface area contributed by atoms with Crippen molar-refractivity contribution in [2.45, 2.75) is 0 Å². The van der Waals surface area contributed by atoms with Crippen LogP contribution in [0.15, 0.2) is 234 Å². The van der Waals surface area contributed by atoms with E-state index in [9.17, 15) is 0 Å². The van der Waals surface area contributed by atoms with Crippen molar-refractivity contribution in [3.8, 4) is 55.8 Å².